The molecule has 3 amide bonds. The number of rotatable bonds is 4. The molecule has 1 fully saturated rings. The highest BCUT2D eigenvalue weighted by Crippen LogP contribution is 2.30. The van der Waals surface area contributed by atoms with Gasteiger partial charge in [0.05, 0.1) is 23.6 Å². The molecule has 0 radical (unpaired) electrons. The second-order valence-electron chi connectivity index (χ2n) is 7.79. The van der Waals surface area contributed by atoms with Crippen LogP contribution in [0.4, 0.5) is 11.4 Å². The monoisotopic (exact) mass is 506 g/mol. The number of fused-ring (bicyclic) bond motifs is 1. The summed E-state index contributed by atoms with van der Waals surface area (Å²) in [5, 5.41) is 8.74. The molecule has 1 atom stereocenters. The summed E-state index contributed by atoms with van der Waals surface area (Å²) < 4.78 is 6.02. The Hall–Kier alpha value is -3.72. The van der Waals surface area contributed by atoms with Crippen LogP contribution >= 0.6 is 15.9 Å². The van der Waals surface area contributed by atoms with Gasteiger partial charge in [0.1, 0.15) is 0 Å². The molecule has 1 unspecified atom stereocenters. The van der Waals surface area contributed by atoms with Crippen molar-refractivity contribution >= 4 is 50.7 Å². The van der Waals surface area contributed by atoms with Gasteiger partial charge in [0, 0.05) is 35.2 Å². The molecule has 1 saturated heterocycles. The van der Waals surface area contributed by atoms with E-state index in [0.29, 0.717) is 29.9 Å². The number of nitrogens with zero attached hydrogens (tertiary/aromatic N) is 3. The molecule has 0 spiro atoms. The standard InChI is InChI=1S/C24H19BrN4O4/c25-16-5-1-4-15(12-16)22(30)26-17-6-2-7-18(13-17)29-23(31)19-14-28(10-9-20(19)27-29)24(32)21-8-3-11-33-21/h1-8,11-13,19H,9-10,14H2,(H,26,30). The number of furan rings is 1. The Balaban J connectivity index is 1.31. The minimum Gasteiger partial charge on any atom is -0.459 e. The number of anilines is 2. The number of likely N-dealkylation sites (tertiary alicyclic amines) is 1. The molecule has 0 saturated carbocycles. The third-order valence-electron chi connectivity index (χ3n) is 5.63. The predicted octanol–water partition coefficient (Wildman–Crippen LogP) is 4.16. The first kappa shape index (κ1) is 21.1. The fourth-order valence-electron chi connectivity index (χ4n) is 3.98. The highest BCUT2D eigenvalue weighted by atomic mass is 79.9. The summed E-state index contributed by atoms with van der Waals surface area (Å²) in [5.41, 5.74) is 2.37. The molecule has 9 heteroatoms. The van der Waals surface area contributed by atoms with Crippen molar-refractivity contribution < 1.29 is 18.8 Å². The highest BCUT2D eigenvalue weighted by Gasteiger charge is 2.41. The van der Waals surface area contributed by atoms with Gasteiger partial charge in [-0.3, -0.25) is 14.4 Å². The van der Waals surface area contributed by atoms with Gasteiger partial charge in [-0.1, -0.05) is 28.1 Å². The minimum atomic E-state index is -0.488. The van der Waals surface area contributed by atoms with Crippen LogP contribution in [0.15, 0.2) is 80.9 Å². The number of amides is 3. The van der Waals surface area contributed by atoms with Crippen molar-refractivity contribution in [3.8, 4) is 0 Å². The van der Waals surface area contributed by atoms with Crippen LogP contribution in [0.5, 0.6) is 0 Å². The maximum Gasteiger partial charge on any atom is 0.289 e. The van der Waals surface area contributed by atoms with E-state index in [1.165, 1.54) is 11.3 Å². The van der Waals surface area contributed by atoms with E-state index in [-0.39, 0.29) is 30.0 Å². The predicted molar refractivity (Wildman–Crippen MR) is 126 cm³/mol. The van der Waals surface area contributed by atoms with Crippen molar-refractivity contribution in [3.05, 3.63) is 82.7 Å². The summed E-state index contributed by atoms with van der Waals surface area (Å²) in [6.07, 6.45) is 1.97. The number of benzene rings is 2. The number of nitrogens with one attached hydrogen (secondary N) is 1. The topological polar surface area (TPSA) is 95.2 Å². The lowest BCUT2D eigenvalue weighted by Crippen LogP contribution is -2.46. The smallest absolute Gasteiger partial charge is 0.289 e. The van der Waals surface area contributed by atoms with Gasteiger partial charge in [-0.05, 0) is 48.5 Å². The molecule has 0 aliphatic carbocycles. The second-order valence-corrected chi connectivity index (χ2v) is 8.70. The van der Waals surface area contributed by atoms with E-state index in [9.17, 15) is 14.4 Å². The number of hydrogen-bond acceptors (Lipinski definition) is 5. The van der Waals surface area contributed by atoms with Crippen molar-refractivity contribution in [2.24, 2.45) is 11.0 Å². The van der Waals surface area contributed by atoms with E-state index in [4.69, 9.17) is 4.42 Å². The van der Waals surface area contributed by atoms with Crippen LogP contribution in [0.25, 0.3) is 0 Å². The first-order chi connectivity index (χ1) is 16.0. The van der Waals surface area contributed by atoms with E-state index >= 15 is 0 Å². The maximum absolute atomic E-state index is 13.1. The van der Waals surface area contributed by atoms with Gasteiger partial charge >= 0.3 is 0 Å². The molecule has 3 heterocycles. The first-order valence-electron chi connectivity index (χ1n) is 10.4. The van der Waals surface area contributed by atoms with E-state index in [1.807, 2.05) is 6.07 Å². The Morgan fingerprint density at radius 3 is 2.73 bits per heavy atom. The van der Waals surface area contributed by atoms with Crippen molar-refractivity contribution in [2.45, 2.75) is 6.42 Å². The summed E-state index contributed by atoms with van der Waals surface area (Å²) in [5.74, 6) is -0.919. The number of hydrazone groups is 1. The van der Waals surface area contributed by atoms with Gasteiger partial charge in [-0.25, -0.2) is 5.01 Å². The van der Waals surface area contributed by atoms with Crippen molar-refractivity contribution in [2.75, 3.05) is 23.4 Å². The molecule has 3 aromatic rings. The van der Waals surface area contributed by atoms with Crippen molar-refractivity contribution in [1.29, 1.82) is 0 Å². The molecule has 2 aliphatic rings. The third kappa shape index (κ3) is 4.19. The average Bonchev–Trinajstić information content (AvgIpc) is 3.47. The maximum atomic E-state index is 13.1. The molecular weight excluding hydrogens is 488 g/mol. The van der Waals surface area contributed by atoms with Crippen LogP contribution in [-0.4, -0.2) is 41.4 Å². The lowest BCUT2D eigenvalue weighted by molar-refractivity contribution is -0.120. The molecule has 2 aromatic carbocycles. The average molecular weight is 507 g/mol. The van der Waals surface area contributed by atoms with E-state index < -0.39 is 5.92 Å². The second kappa shape index (κ2) is 8.67. The SMILES string of the molecule is O=C(Nc1cccc(N2N=C3CCN(C(=O)c4ccco4)CC3C2=O)c1)c1cccc(Br)c1. The van der Waals surface area contributed by atoms with Crippen LogP contribution in [0.2, 0.25) is 0 Å². The number of hydrogen-bond donors (Lipinski definition) is 1. The van der Waals surface area contributed by atoms with Crippen LogP contribution in [0.1, 0.15) is 27.3 Å². The molecular formula is C24H19BrN4O4. The quantitative estimate of drug-likeness (QED) is 0.574. The van der Waals surface area contributed by atoms with Gasteiger partial charge < -0.3 is 14.6 Å². The molecule has 1 aromatic heterocycles. The summed E-state index contributed by atoms with van der Waals surface area (Å²) in [6, 6.07) is 17.3. The number of carbonyl (C=O) groups excluding carboxylic acids is 3. The molecule has 0 bridgehead atoms. The normalized spacial score (nSPS) is 17.5. The van der Waals surface area contributed by atoms with Crippen LogP contribution in [-0.2, 0) is 4.79 Å². The summed E-state index contributed by atoms with van der Waals surface area (Å²) in [6.45, 7) is 0.728. The van der Waals surface area contributed by atoms with Crippen molar-refractivity contribution in [1.82, 2.24) is 4.90 Å². The summed E-state index contributed by atoms with van der Waals surface area (Å²) in [7, 11) is 0. The zero-order chi connectivity index (χ0) is 22.9. The van der Waals surface area contributed by atoms with Gasteiger partial charge in [0.15, 0.2) is 5.76 Å². The fraction of sp³-hybridized carbons (Fsp3) is 0.167. The number of piperidine rings is 1. The van der Waals surface area contributed by atoms with Gasteiger partial charge in [-0.15, -0.1) is 0 Å². The number of carbonyl (C=O) groups is 3. The lowest BCUT2D eigenvalue weighted by atomic mass is 9.95. The fourth-order valence-corrected chi connectivity index (χ4v) is 4.38. The zero-order valence-corrected chi connectivity index (χ0v) is 19.0. The Kier molecular flexibility index (Phi) is 5.55. The summed E-state index contributed by atoms with van der Waals surface area (Å²) >= 11 is 3.36. The number of halogens is 1. The summed E-state index contributed by atoms with van der Waals surface area (Å²) in [4.78, 5) is 40.0. The molecule has 5 rings (SSSR count). The van der Waals surface area contributed by atoms with E-state index in [0.717, 1.165) is 10.2 Å². The van der Waals surface area contributed by atoms with Gasteiger partial charge in [-0.2, -0.15) is 5.10 Å². The van der Waals surface area contributed by atoms with Crippen molar-refractivity contribution in [3.63, 3.8) is 0 Å². The molecule has 33 heavy (non-hydrogen) atoms. The Bertz CT molecular complexity index is 1270. The minimum absolute atomic E-state index is 0.197. The Morgan fingerprint density at radius 2 is 1.94 bits per heavy atom. The van der Waals surface area contributed by atoms with E-state index in [1.54, 1.807) is 59.5 Å². The lowest BCUT2D eigenvalue weighted by Gasteiger charge is -2.29. The molecule has 1 N–H and O–H groups in total. The first-order valence-corrected chi connectivity index (χ1v) is 11.2. The molecule has 166 valence electrons. The van der Waals surface area contributed by atoms with Crippen LogP contribution < -0.4 is 10.3 Å². The van der Waals surface area contributed by atoms with Gasteiger partial charge in [0.25, 0.3) is 17.7 Å². The largest absolute Gasteiger partial charge is 0.459 e. The Morgan fingerprint density at radius 1 is 1.09 bits per heavy atom. The highest BCUT2D eigenvalue weighted by molar-refractivity contribution is 9.10. The van der Waals surface area contributed by atoms with E-state index in [2.05, 4.69) is 26.3 Å². The Labute approximate surface area is 198 Å². The molecule has 8 nitrogen and oxygen atoms in total. The van der Waals surface area contributed by atoms with Gasteiger partial charge in [0.2, 0.25) is 0 Å². The third-order valence-corrected chi connectivity index (χ3v) is 6.13. The van der Waals surface area contributed by atoms with Crippen LogP contribution in [0, 0.1) is 5.92 Å². The van der Waals surface area contributed by atoms with Crippen LogP contribution in [0.3, 0.4) is 0 Å². The molecule has 2 aliphatic heterocycles. The zero-order valence-electron chi connectivity index (χ0n) is 17.4.